The van der Waals surface area contributed by atoms with Crippen LogP contribution < -0.4 is 0 Å². The fourth-order valence-corrected chi connectivity index (χ4v) is 0.694. The third kappa shape index (κ3) is 3.27. The summed E-state index contributed by atoms with van der Waals surface area (Å²) in [6.45, 7) is 7.01. The van der Waals surface area contributed by atoms with Gasteiger partial charge in [0, 0.05) is 12.7 Å². The monoisotopic (exact) mass is 165 g/mol. The standard InChI is InChI=1S/C10H15NO/c1-6-10(4,12)8-9(3)11(5)7-2/h1,7-8,12H,2H2,3-5H3/b9-8+. The lowest BCUT2D eigenvalue weighted by Crippen LogP contribution is -2.20. The Bertz CT molecular complexity index is 233. The van der Waals surface area contributed by atoms with Crippen molar-refractivity contribution in [1.29, 1.82) is 0 Å². The van der Waals surface area contributed by atoms with Crippen LogP contribution in [-0.4, -0.2) is 22.7 Å². The van der Waals surface area contributed by atoms with Gasteiger partial charge in [-0.1, -0.05) is 12.5 Å². The molecule has 0 aromatic rings. The molecule has 0 aromatic heterocycles. The van der Waals surface area contributed by atoms with Gasteiger partial charge in [0.25, 0.3) is 0 Å². The summed E-state index contributed by atoms with van der Waals surface area (Å²) in [6, 6.07) is 0. The number of allylic oxidation sites excluding steroid dienone is 1. The highest BCUT2D eigenvalue weighted by Gasteiger charge is 2.12. The second-order valence-corrected chi connectivity index (χ2v) is 2.87. The number of terminal acetylenes is 1. The smallest absolute Gasteiger partial charge is 0.143 e. The maximum Gasteiger partial charge on any atom is 0.143 e. The lowest BCUT2D eigenvalue weighted by atomic mass is 10.1. The Kier molecular flexibility index (Phi) is 3.59. The maximum absolute atomic E-state index is 9.46. The van der Waals surface area contributed by atoms with Gasteiger partial charge in [-0.2, -0.15) is 0 Å². The molecule has 12 heavy (non-hydrogen) atoms. The summed E-state index contributed by atoms with van der Waals surface area (Å²) >= 11 is 0. The van der Waals surface area contributed by atoms with E-state index < -0.39 is 5.60 Å². The lowest BCUT2D eigenvalue weighted by molar-refractivity contribution is 0.172. The SMILES string of the molecule is C#CC(C)(O)/C=C(\C)N(C)C=C. The second-order valence-electron chi connectivity index (χ2n) is 2.87. The summed E-state index contributed by atoms with van der Waals surface area (Å²) in [5.74, 6) is 2.27. The van der Waals surface area contributed by atoms with Crippen molar-refractivity contribution in [1.82, 2.24) is 4.90 Å². The van der Waals surface area contributed by atoms with Gasteiger partial charge in [-0.25, -0.2) is 0 Å². The molecule has 0 saturated heterocycles. The van der Waals surface area contributed by atoms with Crippen molar-refractivity contribution in [2.75, 3.05) is 7.05 Å². The second kappa shape index (κ2) is 3.99. The van der Waals surface area contributed by atoms with E-state index in [9.17, 15) is 5.11 Å². The topological polar surface area (TPSA) is 23.5 Å². The summed E-state index contributed by atoms with van der Waals surface area (Å²) in [5, 5.41) is 9.46. The first-order valence-corrected chi connectivity index (χ1v) is 3.68. The first-order valence-electron chi connectivity index (χ1n) is 3.68. The minimum atomic E-state index is -1.18. The number of hydrogen-bond acceptors (Lipinski definition) is 2. The van der Waals surface area contributed by atoms with Gasteiger partial charge in [-0.15, -0.1) is 6.42 Å². The van der Waals surface area contributed by atoms with Crippen LogP contribution in [0.4, 0.5) is 0 Å². The molecule has 0 bridgehead atoms. The highest BCUT2D eigenvalue weighted by atomic mass is 16.3. The largest absolute Gasteiger partial charge is 0.374 e. The molecule has 0 fully saturated rings. The van der Waals surface area contributed by atoms with Crippen molar-refractivity contribution in [3.05, 3.63) is 24.6 Å². The molecule has 0 aromatic carbocycles. The number of aliphatic hydroxyl groups is 1. The normalized spacial score (nSPS) is 16.1. The molecule has 0 rings (SSSR count). The van der Waals surface area contributed by atoms with Crippen molar-refractivity contribution in [3.63, 3.8) is 0 Å². The highest BCUT2D eigenvalue weighted by molar-refractivity contribution is 5.20. The van der Waals surface area contributed by atoms with E-state index in [0.717, 1.165) is 5.70 Å². The average Bonchev–Trinajstić information content (AvgIpc) is 2.02. The molecule has 0 amide bonds. The van der Waals surface area contributed by atoms with E-state index >= 15 is 0 Å². The number of hydrogen-bond donors (Lipinski definition) is 1. The van der Waals surface area contributed by atoms with Gasteiger partial charge < -0.3 is 10.0 Å². The molecule has 0 aliphatic heterocycles. The lowest BCUT2D eigenvalue weighted by Gasteiger charge is -2.18. The highest BCUT2D eigenvalue weighted by Crippen LogP contribution is 2.09. The van der Waals surface area contributed by atoms with E-state index in [-0.39, 0.29) is 0 Å². The summed E-state index contributed by atoms with van der Waals surface area (Å²) in [5.41, 5.74) is -0.311. The van der Waals surface area contributed by atoms with Crippen LogP contribution >= 0.6 is 0 Å². The molecule has 0 saturated carbocycles. The molecule has 0 aliphatic rings. The Labute approximate surface area is 74.2 Å². The van der Waals surface area contributed by atoms with Gasteiger partial charge in [-0.05, 0) is 26.1 Å². The third-order valence-corrected chi connectivity index (χ3v) is 1.61. The molecule has 0 aliphatic carbocycles. The van der Waals surface area contributed by atoms with Crippen LogP contribution in [0.5, 0.6) is 0 Å². The predicted molar refractivity (Wildman–Crippen MR) is 51.2 cm³/mol. The molecular weight excluding hydrogens is 150 g/mol. The molecule has 0 spiro atoms. The molecule has 1 unspecified atom stereocenters. The Morgan fingerprint density at radius 1 is 1.75 bits per heavy atom. The van der Waals surface area contributed by atoms with E-state index in [2.05, 4.69) is 12.5 Å². The van der Waals surface area contributed by atoms with Crippen LogP contribution in [0.15, 0.2) is 24.6 Å². The average molecular weight is 165 g/mol. The van der Waals surface area contributed by atoms with Crippen molar-refractivity contribution in [2.24, 2.45) is 0 Å². The van der Waals surface area contributed by atoms with Crippen molar-refractivity contribution < 1.29 is 5.11 Å². The molecule has 1 atom stereocenters. The van der Waals surface area contributed by atoms with E-state index in [1.807, 2.05) is 14.0 Å². The zero-order valence-corrected chi connectivity index (χ0v) is 7.83. The molecule has 0 heterocycles. The van der Waals surface area contributed by atoms with Crippen LogP contribution in [-0.2, 0) is 0 Å². The van der Waals surface area contributed by atoms with Gasteiger partial charge >= 0.3 is 0 Å². The van der Waals surface area contributed by atoms with Crippen molar-refractivity contribution in [3.8, 4) is 12.3 Å². The first kappa shape index (κ1) is 10.8. The predicted octanol–water partition coefficient (Wildman–Crippen LogP) is 1.35. The van der Waals surface area contributed by atoms with E-state index in [0.29, 0.717) is 0 Å². The number of rotatable bonds is 3. The van der Waals surface area contributed by atoms with Gasteiger partial charge in [-0.3, -0.25) is 0 Å². The summed E-state index contributed by atoms with van der Waals surface area (Å²) in [7, 11) is 1.84. The Balaban J connectivity index is 4.58. The molecule has 2 heteroatoms. The molecule has 2 nitrogen and oxygen atoms in total. The quantitative estimate of drug-likeness (QED) is 0.638. The van der Waals surface area contributed by atoms with Crippen LogP contribution in [0, 0.1) is 12.3 Å². The Hall–Kier alpha value is -1.20. The maximum atomic E-state index is 9.46. The van der Waals surface area contributed by atoms with Crippen LogP contribution in [0.1, 0.15) is 13.8 Å². The Morgan fingerprint density at radius 2 is 2.25 bits per heavy atom. The zero-order valence-electron chi connectivity index (χ0n) is 7.83. The zero-order chi connectivity index (χ0) is 9.78. The minimum absolute atomic E-state index is 0.868. The summed E-state index contributed by atoms with van der Waals surface area (Å²) in [6.07, 6.45) is 8.36. The fourth-order valence-electron chi connectivity index (χ4n) is 0.694. The summed E-state index contributed by atoms with van der Waals surface area (Å²) < 4.78 is 0. The van der Waals surface area contributed by atoms with Crippen molar-refractivity contribution in [2.45, 2.75) is 19.4 Å². The number of nitrogens with zero attached hydrogens (tertiary/aromatic N) is 1. The van der Waals surface area contributed by atoms with Crippen molar-refractivity contribution >= 4 is 0 Å². The molecule has 66 valence electrons. The van der Waals surface area contributed by atoms with Crippen LogP contribution in [0.25, 0.3) is 0 Å². The minimum Gasteiger partial charge on any atom is -0.374 e. The molecule has 0 radical (unpaired) electrons. The molecule has 1 N–H and O–H groups in total. The van der Waals surface area contributed by atoms with Gasteiger partial charge in [0.2, 0.25) is 0 Å². The van der Waals surface area contributed by atoms with E-state index in [1.54, 1.807) is 24.1 Å². The third-order valence-electron chi connectivity index (χ3n) is 1.61. The van der Waals surface area contributed by atoms with E-state index in [1.165, 1.54) is 0 Å². The summed E-state index contributed by atoms with van der Waals surface area (Å²) in [4.78, 5) is 1.78. The van der Waals surface area contributed by atoms with Gasteiger partial charge in [0.15, 0.2) is 0 Å². The Morgan fingerprint density at radius 3 is 2.58 bits per heavy atom. The first-order chi connectivity index (χ1) is 5.43. The molecular formula is C10H15NO. The van der Waals surface area contributed by atoms with Gasteiger partial charge in [0.05, 0.1) is 0 Å². The van der Waals surface area contributed by atoms with Crippen LogP contribution in [0.2, 0.25) is 0 Å². The van der Waals surface area contributed by atoms with Gasteiger partial charge in [0.1, 0.15) is 5.60 Å². The van der Waals surface area contributed by atoms with Crippen LogP contribution in [0.3, 0.4) is 0 Å². The van der Waals surface area contributed by atoms with E-state index in [4.69, 9.17) is 6.42 Å². The fraction of sp³-hybridized carbons (Fsp3) is 0.400.